The van der Waals surface area contributed by atoms with Crippen LogP contribution in [-0.2, 0) is 9.59 Å². The molecule has 2 N–H and O–H groups in total. The van der Waals surface area contributed by atoms with E-state index in [0.717, 1.165) is 0 Å². The number of halogens is 1. The van der Waals surface area contributed by atoms with Gasteiger partial charge in [-0.3, -0.25) is 9.59 Å². The van der Waals surface area contributed by atoms with Crippen LogP contribution in [0, 0.1) is 0 Å². The number of oxime groups is 1. The molecule has 0 aromatic carbocycles. The molecule has 0 aliphatic rings. The predicted molar refractivity (Wildman–Crippen MR) is 37.0 cm³/mol. The van der Waals surface area contributed by atoms with Gasteiger partial charge in [0.25, 0.3) is 0 Å². The van der Waals surface area contributed by atoms with E-state index < -0.39 is 16.9 Å². The third-order valence-corrected chi connectivity index (χ3v) is 1.17. The van der Waals surface area contributed by atoms with E-state index >= 15 is 0 Å². The van der Waals surface area contributed by atoms with Crippen LogP contribution >= 0.6 is 11.6 Å². The second kappa shape index (κ2) is 4.68. The van der Waals surface area contributed by atoms with Gasteiger partial charge in [-0.05, 0) is 0 Å². The molecule has 11 heavy (non-hydrogen) atoms. The molecule has 6 heteroatoms. The summed E-state index contributed by atoms with van der Waals surface area (Å²) in [5, 5.41) is 17.9. The Morgan fingerprint density at radius 3 is 2.27 bits per heavy atom. The van der Waals surface area contributed by atoms with Gasteiger partial charge < -0.3 is 10.3 Å². The number of carboxylic acids is 1. The number of nitrogens with zero attached hydrogens (tertiary/aromatic N) is 1. The SMILES string of the molecule is O=C(O)CCC(=O)/C(Cl)=N/O. The second-order valence-electron chi connectivity index (χ2n) is 1.71. The Balaban J connectivity index is 3.80. The van der Waals surface area contributed by atoms with Crippen molar-refractivity contribution in [3.63, 3.8) is 0 Å². The fraction of sp³-hybridized carbons (Fsp3) is 0.400. The molecule has 0 aromatic rings. The lowest BCUT2D eigenvalue weighted by molar-refractivity contribution is -0.138. The molecule has 0 saturated heterocycles. The Morgan fingerprint density at radius 1 is 1.36 bits per heavy atom. The van der Waals surface area contributed by atoms with Crippen LogP contribution in [0.25, 0.3) is 0 Å². The van der Waals surface area contributed by atoms with Crippen LogP contribution < -0.4 is 0 Å². The first-order chi connectivity index (χ1) is 5.07. The van der Waals surface area contributed by atoms with Crippen molar-refractivity contribution >= 4 is 28.5 Å². The van der Waals surface area contributed by atoms with Crippen LogP contribution in [0.3, 0.4) is 0 Å². The van der Waals surface area contributed by atoms with E-state index in [4.69, 9.17) is 21.9 Å². The average molecular weight is 180 g/mol. The Bertz CT molecular complexity index is 201. The third kappa shape index (κ3) is 4.32. The molecule has 0 rings (SSSR count). The van der Waals surface area contributed by atoms with Crippen LogP contribution in [0.2, 0.25) is 0 Å². The molecule has 62 valence electrons. The van der Waals surface area contributed by atoms with E-state index in [2.05, 4.69) is 5.16 Å². The molecule has 0 amide bonds. The number of hydrogen-bond donors (Lipinski definition) is 2. The number of carbonyl (C=O) groups excluding carboxylic acids is 1. The zero-order valence-corrected chi connectivity index (χ0v) is 6.21. The third-order valence-electron chi connectivity index (χ3n) is 0.884. The number of carboxylic acid groups (broad SMARTS) is 1. The summed E-state index contributed by atoms with van der Waals surface area (Å²) in [7, 11) is 0. The number of rotatable bonds is 4. The summed E-state index contributed by atoms with van der Waals surface area (Å²) in [5.74, 6) is -1.78. The smallest absolute Gasteiger partial charge is 0.303 e. The summed E-state index contributed by atoms with van der Waals surface area (Å²) >= 11 is 5.06. The average Bonchev–Trinajstić information content (AvgIpc) is 1.98. The molecule has 5 nitrogen and oxygen atoms in total. The summed E-state index contributed by atoms with van der Waals surface area (Å²) in [5.41, 5.74) is 0. The summed E-state index contributed by atoms with van der Waals surface area (Å²) in [6, 6.07) is 0. The van der Waals surface area contributed by atoms with Crippen molar-refractivity contribution in [3.8, 4) is 0 Å². The number of ketones is 1. The molecule has 0 aliphatic heterocycles. The highest BCUT2D eigenvalue weighted by molar-refractivity contribution is 6.83. The Hall–Kier alpha value is -1.10. The van der Waals surface area contributed by atoms with Crippen molar-refractivity contribution < 1.29 is 19.9 Å². The standard InChI is InChI=1S/C5H6ClNO4/c6-5(7-11)3(8)1-2-4(9)10/h11H,1-2H2,(H,9,10)/b7-5-. The fourth-order valence-corrected chi connectivity index (χ4v) is 0.474. The number of hydrogen-bond acceptors (Lipinski definition) is 4. The zero-order chi connectivity index (χ0) is 8.85. The summed E-state index contributed by atoms with van der Waals surface area (Å²) in [4.78, 5) is 20.5. The normalized spacial score (nSPS) is 11.2. The molecular formula is C5H6ClNO4. The molecule has 0 bridgehead atoms. The van der Waals surface area contributed by atoms with Crippen molar-refractivity contribution in [1.29, 1.82) is 0 Å². The zero-order valence-electron chi connectivity index (χ0n) is 5.45. The lowest BCUT2D eigenvalue weighted by Gasteiger charge is -1.91. The minimum atomic E-state index is -1.10. The number of aliphatic carboxylic acids is 1. The minimum Gasteiger partial charge on any atom is -0.481 e. The van der Waals surface area contributed by atoms with Crippen molar-refractivity contribution in [2.45, 2.75) is 12.8 Å². The maximum absolute atomic E-state index is 10.6. The van der Waals surface area contributed by atoms with Gasteiger partial charge in [-0.1, -0.05) is 16.8 Å². The first kappa shape index (κ1) is 9.90. The van der Waals surface area contributed by atoms with Gasteiger partial charge in [-0.15, -0.1) is 0 Å². The molecule has 0 aromatic heterocycles. The maximum atomic E-state index is 10.6. The topological polar surface area (TPSA) is 87.0 Å². The summed E-state index contributed by atoms with van der Waals surface area (Å²) in [6.45, 7) is 0. The molecule has 0 radical (unpaired) electrons. The Kier molecular flexibility index (Phi) is 4.21. The van der Waals surface area contributed by atoms with Crippen LogP contribution in [0.4, 0.5) is 0 Å². The van der Waals surface area contributed by atoms with Crippen LogP contribution in [0.1, 0.15) is 12.8 Å². The molecule has 0 saturated carbocycles. The number of carbonyl (C=O) groups is 2. The largest absolute Gasteiger partial charge is 0.481 e. The predicted octanol–water partition coefficient (Wildman–Crippen LogP) is 0.447. The van der Waals surface area contributed by atoms with Gasteiger partial charge in [0.05, 0.1) is 6.42 Å². The lowest BCUT2D eigenvalue weighted by atomic mass is 10.2. The van der Waals surface area contributed by atoms with Crippen molar-refractivity contribution in [2.24, 2.45) is 5.16 Å². The van der Waals surface area contributed by atoms with Gasteiger partial charge in [0.15, 0.2) is 5.78 Å². The van der Waals surface area contributed by atoms with Crippen molar-refractivity contribution in [2.75, 3.05) is 0 Å². The fourth-order valence-electron chi connectivity index (χ4n) is 0.379. The second-order valence-corrected chi connectivity index (χ2v) is 2.07. The Morgan fingerprint density at radius 2 is 1.91 bits per heavy atom. The van der Waals surface area contributed by atoms with E-state index in [-0.39, 0.29) is 12.8 Å². The van der Waals surface area contributed by atoms with Gasteiger partial charge in [0.2, 0.25) is 5.17 Å². The first-order valence-electron chi connectivity index (χ1n) is 2.70. The number of Topliss-reactive ketones (excluding diaryl/α,β-unsaturated/α-hetero) is 1. The van der Waals surface area contributed by atoms with Gasteiger partial charge in [0, 0.05) is 6.42 Å². The highest BCUT2D eigenvalue weighted by Gasteiger charge is 2.10. The van der Waals surface area contributed by atoms with Crippen molar-refractivity contribution in [1.82, 2.24) is 0 Å². The quantitative estimate of drug-likeness (QED) is 0.373. The maximum Gasteiger partial charge on any atom is 0.303 e. The molecular weight excluding hydrogens is 174 g/mol. The van der Waals surface area contributed by atoms with E-state index in [1.165, 1.54) is 0 Å². The van der Waals surface area contributed by atoms with E-state index in [1.54, 1.807) is 0 Å². The minimum absolute atomic E-state index is 0.252. The van der Waals surface area contributed by atoms with Crippen LogP contribution in [0.5, 0.6) is 0 Å². The highest BCUT2D eigenvalue weighted by Crippen LogP contribution is 1.96. The summed E-state index contributed by atoms with van der Waals surface area (Å²) in [6.07, 6.45) is -0.567. The highest BCUT2D eigenvalue weighted by atomic mass is 35.5. The molecule has 0 fully saturated rings. The van der Waals surface area contributed by atoms with Gasteiger partial charge in [-0.2, -0.15) is 0 Å². The monoisotopic (exact) mass is 179 g/mol. The van der Waals surface area contributed by atoms with Crippen molar-refractivity contribution in [3.05, 3.63) is 0 Å². The molecule has 0 atom stereocenters. The van der Waals surface area contributed by atoms with Gasteiger partial charge in [0.1, 0.15) is 0 Å². The molecule has 0 unspecified atom stereocenters. The van der Waals surface area contributed by atoms with Crippen LogP contribution in [0.15, 0.2) is 5.16 Å². The molecule has 0 aliphatic carbocycles. The Labute approximate surface area is 67.3 Å². The lowest BCUT2D eigenvalue weighted by Crippen LogP contribution is -2.09. The van der Waals surface area contributed by atoms with E-state index in [0.29, 0.717) is 0 Å². The summed E-state index contributed by atoms with van der Waals surface area (Å²) < 4.78 is 0. The first-order valence-corrected chi connectivity index (χ1v) is 3.08. The van der Waals surface area contributed by atoms with Crippen LogP contribution in [-0.4, -0.2) is 27.2 Å². The van der Waals surface area contributed by atoms with Gasteiger partial charge in [-0.25, -0.2) is 0 Å². The van der Waals surface area contributed by atoms with E-state index in [1.807, 2.05) is 0 Å². The van der Waals surface area contributed by atoms with Gasteiger partial charge >= 0.3 is 5.97 Å². The molecule has 0 spiro atoms. The molecule has 0 heterocycles. The van der Waals surface area contributed by atoms with E-state index in [9.17, 15) is 9.59 Å².